The van der Waals surface area contributed by atoms with Crippen molar-refractivity contribution >= 4 is 17.8 Å². The highest BCUT2D eigenvalue weighted by molar-refractivity contribution is 6.01. The van der Waals surface area contributed by atoms with Crippen molar-refractivity contribution in [1.82, 2.24) is 15.5 Å². The summed E-state index contributed by atoms with van der Waals surface area (Å²) in [6, 6.07) is 6.45. The van der Waals surface area contributed by atoms with Gasteiger partial charge in [0, 0.05) is 26.6 Å². The minimum Gasteiger partial charge on any atom is -0.396 e. The standard InChI is InChI=1S/C16H21N3O4/c1-19-14(21)7-6-13(15(19)22)18-16(23)17-10-12-4-2-11(3-5-12)8-9-20/h2-5,13,20H,6-10H2,1H3,(H2,17,18,23). The Hall–Kier alpha value is -2.41. The summed E-state index contributed by atoms with van der Waals surface area (Å²) in [5.74, 6) is -0.610. The van der Waals surface area contributed by atoms with Crippen molar-refractivity contribution in [3.05, 3.63) is 35.4 Å². The first-order chi connectivity index (χ1) is 11.0. The Balaban J connectivity index is 1.81. The van der Waals surface area contributed by atoms with Crippen LogP contribution in [0.5, 0.6) is 0 Å². The normalized spacial score (nSPS) is 18.0. The Labute approximate surface area is 134 Å². The summed E-state index contributed by atoms with van der Waals surface area (Å²) < 4.78 is 0. The summed E-state index contributed by atoms with van der Waals surface area (Å²) in [6.45, 7) is 0.438. The first kappa shape index (κ1) is 17.0. The van der Waals surface area contributed by atoms with Crippen LogP contribution >= 0.6 is 0 Å². The molecule has 0 aliphatic carbocycles. The average molecular weight is 319 g/mol. The number of carbonyl (C=O) groups excluding carboxylic acids is 3. The second-order valence-electron chi connectivity index (χ2n) is 5.50. The third kappa shape index (κ3) is 4.53. The molecule has 1 aliphatic rings. The number of carbonyl (C=O) groups is 3. The molecule has 0 radical (unpaired) electrons. The summed E-state index contributed by atoms with van der Waals surface area (Å²) in [4.78, 5) is 36.2. The number of hydrogen-bond donors (Lipinski definition) is 3. The maximum atomic E-state index is 11.9. The molecule has 1 aromatic carbocycles. The molecule has 1 saturated heterocycles. The van der Waals surface area contributed by atoms with E-state index in [-0.39, 0.29) is 24.8 Å². The lowest BCUT2D eigenvalue weighted by Crippen LogP contribution is -2.54. The minimum atomic E-state index is -0.662. The van der Waals surface area contributed by atoms with Crippen LogP contribution in [0.25, 0.3) is 0 Å². The van der Waals surface area contributed by atoms with Gasteiger partial charge in [-0.2, -0.15) is 0 Å². The van der Waals surface area contributed by atoms with Crippen LogP contribution in [-0.4, -0.2) is 47.5 Å². The molecule has 1 fully saturated rings. The van der Waals surface area contributed by atoms with Crippen LogP contribution in [0.1, 0.15) is 24.0 Å². The smallest absolute Gasteiger partial charge is 0.315 e. The largest absolute Gasteiger partial charge is 0.396 e. The number of aliphatic hydroxyl groups excluding tert-OH is 1. The number of piperidine rings is 1. The average Bonchev–Trinajstić information content (AvgIpc) is 2.55. The van der Waals surface area contributed by atoms with Crippen molar-refractivity contribution in [2.45, 2.75) is 31.8 Å². The van der Waals surface area contributed by atoms with E-state index >= 15 is 0 Å². The Bertz CT molecular complexity index is 585. The van der Waals surface area contributed by atoms with Gasteiger partial charge < -0.3 is 15.7 Å². The van der Waals surface area contributed by atoms with Gasteiger partial charge in [-0.25, -0.2) is 4.79 Å². The van der Waals surface area contributed by atoms with Gasteiger partial charge in [0.05, 0.1) is 0 Å². The van der Waals surface area contributed by atoms with Crippen LogP contribution in [0.15, 0.2) is 24.3 Å². The van der Waals surface area contributed by atoms with Crippen molar-refractivity contribution < 1.29 is 19.5 Å². The molecular weight excluding hydrogens is 298 g/mol. The third-order valence-electron chi connectivity index (χ3n) is 3.83. The first-order valence-electron chi connectivity index (χ1n) is 7.54. The number of likely N-dealkylation sites (tertiary alicyclic amines) is 1. The van der Waals surface area contributed by atoms with Gasteiger partial charge in [-0.1, -0.05) is 24.3 Å². The zero-order valence-corrected chi connectivity index (χ0v) is 13.0. The minimum absolute atomic E-state index is 0.104. The van der Waals surface area contributed by atoms with Gasteiger partial charge in [-0.3, -0.25) is 14.5 Å². The van der Waals surface area contributed by atoms with Crippen LogP contribution in [0.4, 0.5) is 4.79 Å². The molecule has 4 amide bonds. The van der Waals surface area contributed by atoms with Crippen LogP contribution in [0, 0.1) is 0 Å². The molecular formula is C16H21N3O4. The molecule has 7 nitrogen and oxygen atoms in total. The van der Waals surface area contributed by atoms with Gasteiger partial charge in [0.15, 0.2) is 0 Å². The summed E-state index contributed by atoms with van der Waals surface area (Å²) >= 11 is 0. The highest BCUT2D eigenvalue weighted by atomic mass is 16.3. The van der Waals surface area contributed by atoms with Crippen LogP contribution in [-0.2, 0) is 22.6 Å². The second kappa shape index (κ2) is 7.73. The molecule has 0 bridgehead atoms. The number of urea groups is 1. The van der Waals surface area contributed by atoms with Gasteiger partial charge in [-0.15, -0.1) is 0 Å². The molecule has 3 N–H and O–H groups in total. The summed E-state index contributed by atoms with van der Waals surface area (Å²) in [6.07, 6.45) is 1.18. The first-order valence-corrected chi connectivity index (χ1v) is 7.54. The predicted octanol–water partition coefficient (Wildman–Crippen LogP) is 0.168. The van der Waals surface area contributed by atoms with E-state index in [4.69, 9.17) is 5.11 Å². The number of rotatable bonds is 5. The van der Waals surface area contributed by atoms with Gasteiger partial charge in [0.25, 0.3) is 5.91 Å². The molecule has 1 atom stereocenters. The zero-order chi connectivity index (χ0) is 16.8. The number of nitrogens with one attached hydrogen (secondary N) is 2. The van der Waals surface area contributed by atoms with Crippen molar-refractivity contribution in [3.8, 4) is 0 Å². The van der Waals surface area contributed by atoms with Gasteiger partial charge in [0.2, 0.25) is 5.91 Å². The molecule has 1 aliphatic heterocycles. The van der Waals surface area contributed by atoms with Crippen LogP contribution < -0.4 is 10.6 Å². The number of aliphatic hydroxyl groups is 1. The van der Waals surface area contributed by atoms with Crippen molar-refractivity contribution in [1.29, 1.82) is 0 Å². The summed E-state index contributed by atoms with van der Waals surface area (Å²) in [7, 11) is 1.42. The van der Waals surface area contributed by atoms with Crippen LogP contribution in [0.3, 0.4) is 0 Å². The third-order valence-corrected chi connectivity index (χ3v) is 3.83. The van der Waals surface area contributed by atoms with E-state index in [2.05, 4.69) is 10.6 Å². The maximum absolute atomic E-state index is 11.9. The van der Waals surface area contributed by atoms with E-state index < -0.39 is 12.1 Å². The molecule has 0 spiro atoms. The van der Waals surface area contributed by atoms with Crippen molar-refractivity contribution in [2.24, 2.45) is 0 Å². The molecule has 124 valence electrons. The molecule has 7 heteroatoms. The van der Waals surface area contributed by atoms with Crippen molar-refractivity contribution in [3.63, 3.8) is 0 Å². The Morgan fingerprint density at radius 1 is 1.26 bits per heavy atom. The van der Waals surface area contributed by atoms with E-state index in [0.29, 0.717) is 19.4 Å². The van der Waals surface area contributed by atoms with E-state index in [1.54, 1.807) is 0 Å². The SMILES string of the molecule is CN1C(=O)CCC(NC(=O)NCc2ccc(CCO)cc2)C1=O. The number of nitrogens with zero attached hydrogens (tertiary/aromatic N) is 1. The van der Waals surface area contributed by atoms with Crippen molar-refractivity contribution in [2.75, 3.05) is 13.7 Å². The summed E-state index contributed by atoms with van der Waals surface area (Å²) in [5, 5.41) is 14.1. The van der Waals surface area contributed by atoms with E-state index in [1.165, 1.54) is 7.05 Å². The molecule has 23 heavy (non-hydrogen) atoms. The molecule has 1 aromatic rings. The highest BCUT2D eigenvalue weighted by Crippen LogP contribution is 2.11. The molecule has 0 aromatic heterocycles. The monoisotopic (exact) mass is 319 g/mol. The van der Waals surface area contributed by atoms with E-state index in [0.717, 1.165) is 16.0 Å². The molecule has 1 unspecified atom stereocenters. The number of benzene rings is 1. The number of amides is 4. The lowest BCUT2D eigenvalue weighted by atomic mass is 10.1. The number of imide groups is 1. The lowest BCUT2D eigenvalue weighted by Gasteiger charge is -2.28. The topological polar surface area (TPSA) is 98.7 Å². The number of hydrogen-bond acceptors (Lipinski definition) is 4. The Morgan fingerprint density at radius 3 is 2.57 bits per heavy atom. The van der Waals surface area contributed by atoms with Gasteiger partial charge in [0.1, 0.15) is 6.04 Å². The number of likely N-dealkylation sites (N-methyl/N-ethyl adjacent to an activating group) is 1. The molecule has 0 saturated carbocycles. The fourth-order valence-electron chi connectivity index (χ4n) is 2.39. The zero-order valence-electron chi connectivity index (χ0n) is 13.0. The Morgan fingerprint density at radius 2 is 1.91 bits per heavy atom. The van der Waals surface area contributed by atoms with E-state index in [9.17, 15) is 14.4 Å². The quantitative estimate of drug-likeness (QED) is 0.674. The molecule has 1 heterocycles. The van der Waals surface area contributed by atoms with E-state index in [1.807, 2.05) is 24.3 Å². The molecule has 2 rings (SSSR count). The van der Waals surface area contributed by atoms with Crippen LogP contribution in [0.2, 0.25) is 0 Å². The fraction of sp³-hybridized carbons (Fsp3) is 0.438. The van der Waals surface area contributed by atoms with Gasteiger partial charge in [-0.05, 0) is 24.0 Å². The summed E-state index contributed by atoms with van der Waals surface area (Å²) in [5.41, 5.74) is 1.95. The van der Waals surface area contributed by atoms with Gasteiger partial charge >= 0.3 is 6.03 Å². The second-order valence-corrected chi connectivity index (χ2v) is 5.50. The highest BCUT2D eigenvalue weighted by Gasteiger charge is 2.32. The Kier molecular flexibility index (Phi) is 5.70. The fourth-order valence-corrected chi connectivity index (χ4v) is 2.39. The maximum Gasteiger partial charge on any atom is 0.315 e. The lowest BCUT2D eigenvalue weighted by molar-refractivity contribution is -0.147. The predicted molar refractivity (Wildman–Crippen MR) is 83.4 cm³/mol.